The fourth-order valence-electron chi connectivity index (χ4n) is 4.07. The molecule has 0 aromatic heterocycles. The molecule has 2 aliphatic rings. The highest BCUT2D eigenvalue weighted by Crippen LogP contribution is 2.33. The summed E-state index contributed by atoms with van der Waals surface area (Å²) < 4.78 is 0. The normalized spacial score (nSPS) is 29.2. The van der Waals surface area contributed by atoms with Crippen molar-refractivity contribution in [2.75, 3.05) is 13.1 Å². The van der Waals surface area contributed by atoms with Crippen LogP contribution in [0.1, 0.15) is 59.8 Å². The number of fused-ring (bicyclic) bond motifs is 1. The summed E-state index contributed by atoms with van der Waals surface area (Å²) in [6.07, 6.45) is 6.25. The lowest BCUT2D eigenvalue weighted by molar-refractivity contribution is -0.123. The molecule has 4 nitrogen and oxygen atoms in total. The minimum absolute atomic E-state index is 0.0460. The molecule has 3 unspecified atom stereocenters. The number of carbonyl (C=O) groups is 1. The van der Waals surface area contributed by atoms with Crippen molar-refractivity contribution >= 4 is 5.91 Å². The summed E-state index contributed by atoms with van der Waals surface area (Å²) >= 11 is 0. The lowest BCUT2D eigenvalue weighted by Gasteiger charge is -2.30. The molecule has 1 amide bonds. The van der Waals surface area contributed by atoms with Crippen molar-refractivity contribution in [2.45, 2.75) is 84.0 Å². The van der Waals surface area contributed by atoms with Crippen LogP contribution in [0.25, 0.3) is 0 Å². The first kappa shape index (κ1) is 16.8. The first-order valence-corrected chi connectivity index (χ1v) is 8.78. The number of hydrogen-bond acceptors (Lipinski definition) is 3. The molecule has 2 rings (SSSR count). The predicted octanol–water partition coefficient (Wildman–Crippen LogP) is 2.14. The highest BCUT2D eigenvalue weighted by atomic mass is 16.2. The molecule has 2 N–H and O–H groups in total. The second-order valence-corrected chi connectivity index (χ2v) is 7.32. The van der Waals surface area contributed by atoms with Gasteiger partial charge in [-0.05, 0) is 52.9 Å². The van der Waals surface area contributed by atoms with Crippen LogP contribution in [0.4, 0.5) is 0 Å². The number of rotatable bonds is 6. The second-order valence-electron chi connectivity index (χ2n) is 7.32. The van der Waals surface area contributed by atoms with Crippen LogP contribution in [-0.4, -0.2) is 48.1 Å². The van der Waals surface area contributed by atoms with Gasteiger partial charge < -0.3 is 10.6 Å². The topological polar surface area (TPSA) is 44.4 Å². The summed E-state index contributed by atoms with van der Waals surface area (Å²) in [7, 11) is 0. The van der Waals surface area contributed by atoms with E-state index in [-0.39, 0.29) is 11.9 Å². The lowest BCUT2D eigenvalue weighted by Crippen LogP contribution is -2.47. The van der Waals surface area contributed by atoms with Gasteiger partial charge in [0.25, 0.3) is 0 Å². The summed E-state index contributed by atoms with van der Waals surface area (Å²) in [5.74, 6) is 0.939. The Morgan fingerprint density at radius 1 is 1.19 bits per heavy atom. The zero-order valence-corrected chi connectivity index (χ0v) is 14.2. The van der Waals surface area contributed by atoms with E-state index in [1.54, 1.807) is 0 Å². The van der Waals surface area contributed by atoms with Gasteiger partial charge >= 0.3 is 0 Å². The van der Waals surface area contributed by atoms with E-state index in [9.17, 15) is 4.79 Å². The van der Waals surface area contributed by atoms with Crippen LogP contribution >= 0.6 is 0 Å². The van der Waals surface area contributed by atoms with Crippen molar-refractivity contribution in [3.63, 3.8) is 0 Å². The molecule has 3 atom stereocenters. The molecule has 0 aromatic carbocycles. The molecule has 0 spiro atoms. The van der Waals surface area contributed by atoms with Gasteiger partial charge in [0, 0.05) is 31.2 Å². The Hall–Kier alpha value is -0.610. The predicted molar refractivity (Wildman–Crippen MR) is 87.3 cm³/mol. The Kier molecular flexibility index (Phi) is 6.06. The molecule has 1 saturated heterocycles. The highest BCUT2D eigenvalue weighted by Gasteiger charge is 2.37. The van der Waals surface area contributed by atoms with Gasteiger partial charge in [0.1, 0.15) is 0 Å². The van der Waals surface area contributed by atoms with E-state index in [4.69, 9.17) is 0 Å². The fourth-order valence-corrected chi connectivity index (χ4v) is 4.07. The number of nitrogens with zero attached hydrogens (tertiary/aromatic N) is 1. The highest BCUT2D eigenvalue weighted by molar-refractivity contribution is 5.82. The van der Waals surface area contributed by atoms with E-state index >= 15 is 0 Å². The van der Waals surface area contributed by atoms with E-state index in [1.807, 2.05) is 0 Å². The van der Waals surface area contributed by atoms with E-state index in [1.165, 1.54) is 25.7 Å². The minimum atomic E-state index is 0.0460. The molecule has 1 aliphatic carbocycles. The Morgan fingerprint density at radius 2 is 1.86 bits per heavy atom. The SMILES string of the molecule is CC(C)N(CCNC(=O)C1CC2CCCCC2N1)C(C)C. The maximum Gasteiger partial charge on any atom is 0.237 e. The lowest BCUT2D eigenvalue weighted by atomic mass is 9.85. The first-order valence-electron chi connectivity index (χ1n) is 8.78. The van der Waals surface area contributed by atoms with Crippen LogP contribution in [0.3, 0.4) is 0 Å². The van der Waals surface area contributed by atoms with Crippen molar-refractivity contribution in [1.29, 1.82) is 0 Å². The third kappa shape index (κ3) is 4.43. The van der Waals surface area contributed by atoms with E-state index < -0.39 is 0 Å². The summed E-state index contributed by atoms with van der Waals surface area (Å²) in [5.41, 5.74) is 0. The van der Waals surface area contributed by atoms with Gasteiger partial charge in [-0.25, -0.2) is 0 Å². The first-order chi connectivity index (χ1) is 9.99. The van der Waals surface area contributed by atoms with Crippen molar-refractivity contribution in [3.05, 3.63) is 0 Å². The maximum atomic E-state index is 12.3. The Morgan fingerprint density at radius 3 is 2.48 bits per heavy atom. The third-order valence-corrected chi connectivity index (χ3v) is 5.18. The molecule has 0 aromatic rings. The average Bonchev–Trinajstić information content (AvgIpc) is 2.86. The number of hydrogen-bond donors (Lipinski definition) is 2. The van der Waals surface area contributed by atoms with E-state index in [0.29, 0.717) is 18.1 Å². The van der Waals surface area contributed by atoms with Gasteiger partial charge in [0.05, 0.1) is 6.04 Å². The molecule has 1 heterocycles. The zero-order valence-electron chi connectivity index (χ0n) is 14.2. The largest absolute Gasteiger partial charge is 0.353 e. The molecule has 0 bridgehead atoms. The Balaban J connectivity index is 1.72. The van der Waals surface area contributed by atoms with Crippen LogP contribution in [0.2, 0.25) is 0 Å². The van der Waals surface area contributed by atoms with Crippen molar-refractivity contribution in [1.82, 2.24) is 15.5 Å². The number of nitrogens with one attached hydrogen (secondary N) is 2. The smallest absolute Gasteiger partial charge is 0.237 e. The molecular weight excluding hydrogens is 262 g/mol. The fraction of sp³-hybridized carbons (Fsp3) is 0.941. The van der Waals surface area contributed by atoms with Gasteiger partial charge in [0.2, 0.25) is 5.91 Å². The van der Waals surface area contributed by atoms with Gasteiger partial charge in [-0.1, -0.05) is 12.8 Å². The molecule has 122 valence electrons. The summed E-state index contributed by atoms with van der Waals surface area (Å²) in [6, 6.07) is 1.69. The van der Waals surface area contributed by atoms with Crippen LogP contribution in [-0.2, 0) is 4.79 Å². The van der Waals surface area contributed by atoms with E-state index in [0.717, 1.165) is 25.4 Å². The molecule has 4 heteroatoms. The Labute approximate surface area is 130 Å². The van der Waals surface area contributed by atoms with Crippen LogP contribution in [0.5, 0.6) is 0 Å². The van der Waals surface area contributed by atoms with Gasteiger partial charge in [-0.3, -0.25) is 9.69 Å². The standard InChI is InChI=1S/C17H33N3O/c1-12(2)20(13(3)4)10-9-18-17(21)16-11-14-7-5-6-8-15(14)19-16/h12-16,19H,5-11H2,1-4H3,(H,18,21). The number of carbonyl (C=O) groups excluding carboxylic acids is 1. The maximum absolute atomic E-state index is 12.3. The zero-order chi connectivity index (χ0) is 15.4. The third-order valence-electron chi connectivity index (χ3n) is 5.18. The molecule has 0 radical (unpaired) electrons. The molecular formula is C17H33N3O. The van der Waals surface area contributed by atoms with Crippen molar-refractivity contribution in [2.24, 2.45) is 5.92 Å². The number of amides is 1. The molecule has 2 fully saturated rings. The molecule has 21 heavy (non-hydrogen) atoms. The van der Waals surface area contributed by atoms with Crippen LogP contribution in [0.15, 0.2) is 0 Å². The van der Waals surface area contributed by atoms with E-state index in [2.05, 4.69) is 43.2 Å². The summed E-state index contributed by atoms with van der Waals surface area (Å²) in [6.45, 7) is 10.5. The quantitative estimate of drug-likeness (QED) is 0.789. The average molecular weight is 295 g/mol. The minimum Gasteiger partial charge on any atom is -0.353 e. The van der Waals surface area contributed by atoms with Crippen LogP contribution < -0.4 is 10.6 Å². The molecule has 1 aliphatic heterocycles. The summed E-state index contributed by atoms with van der Waals surface area (Å²) in [4.78, 5) is 14.7. The van der Waals surface area contributed by atoms with Gasteiger partial charge in [0.15, 0.2) is 0 Å². The van der Waals surface area contributed by atoms with Gasteiger partial charge in [-0.15, -0.1) is 0 Å². The molecule has 1 saturated carbocycles. The second kappa shape index (κ2) is 7.59. The van der Waals surface area contributed by atoms with Crippen molar-refractivity contribution in [3.8, 4) is 0 Å². The van der Waals surface area contributed by atoms with Crippen molar-refractivity contribution < 1.29 is 4.79 Å². The van der Waals surface area contributed by atoms with Crippen LogP contribution in [0, 0.1) is 5.92 Å². The van der Waals surface area contributed by atoms with Gasteiger partial charge in [-0.2, -0.15) is 0 Å². The monoisotopic (exact) mass is 295 g/mol. The summed E-state index contributed by atoms with van der Waals surface area (Å²) in [5, 5.41) is 6.68. The Bertz CT molecular complexity index is 321.